The first-order valence-corrected chi connectivity index (χ1v) is 6.76. The molecule has 0 saturated heterocycles. The van der Waals surface area contributed by atoms with Crippen molar-refractivity contribution in [3.63, 3.8) is 0 Å². The fraction of sp³-hybridized carbons (Fsp3) is 0.143. The lowest BCUT2D eigenvalue weighted by atomic mass is 10.2. The predicted octanol–water partition coefficient (Wildman–Crippen LogP) is 4.02. The monoisotopic (exact) mass is 291 g/mol. The van der Waals surface area contributed by atoms with Crippen molar-refractivity contribution in [2.24, 2.45) is 0 Å². The number of esters is 1. The summed E-state index contributed by atoms with van der Waals surface area (Å²) in [6.07, 6.45) is 2.14. The van der Waals surface area contributed by atoms with Gasteiger partial charge in [-0.25, -0.2) is 4.79 Å². The van der Waals surface area contributed by atoms with E-state index in [9.17, 15) is 4.79 Å². The first-order valence-electron chi connectivity index (χ1n) is 5.57. The number of nitriles is 1. The summed E-state index contributed by atoms with van der Waals surface area (Å²) in [6, 6.07) is 9.58. The molecule has 0 radical (unpaired) electrons. The van der Waals surface area contributed by atoms with Crippen LogP contribution >= 0.6 is 22.9 Å². The van der Waals surface area contributed by atoms with Gasteiger partial charge >= 0.3 is 5.97 Å². The molecule has 0 amide bonds. The summed E-state index contributed by atoms with van der Waals surface area (Å²) in [5.41, 5.74) is 0. The van der Waals surface area contributed by atoms with Crippen LogP contribution in [0.4, 0.5) is 0 Å². The molecule has 1 atom stereocenters. The van der Waals surface area contributed by atoms with E-state index in [-0.39, 0.29) is 0 Å². The van der Waals surface area contributed by atoms with Gasteiger partial charge in [0.2, 0.25) is 0 Å². The van der Waals surface area contributed by atoms with Gasteiger partial charge in [-0.05, 0) is 19.1 Å². The lowest BCUT2D eigenvalue weighted by Gasteiger charge is -2.00. The quantitative estimate of drug-likeness (QED) is 0.634. The molecule has 0 saturated carbocycles. The van der Waals surface area contributed by atoms with Crippen LogP contribution in [0.5, 0.6) is 0 Å². The molecule has 0 spiro atoms. The highest BCUT2D eigenvalue weighted by Crippen LogP contribution is 2.35. The molecule has 1 aromatic heterocycles. The predicted molar refractivity (Wildman–Crippen MR) is 77.0 cm³/mol. The summed E-state index contributed by atoms with van der Waals surface area (Å²) in [4.78, 5) is 12.2. The molecule has 2 aromatic rings. The number of hydrogen-bond donors (Lipinski definition) is 0. The minimum atomic E-state index is -0.755. The highest BCUT2D eigenvalue weighted by atomic mass is 35.5. The van der Waals surface area contributed by atoms with Gasteiger partial charge in [-0.1, -0.05) is 29.8 Å². The zero-order valence-electron chi connectivity index (χ0n) is 10.1. The van der Waals surface area contributed by atoms with Crippen molar-refractivity contribution in [3.8, 4) is 6.07 Å². The Bertz CT molecular complexity index is 684. The number of nitrogens with zero attached hydrogens (tertiary/aromatic N) is 1. The summed E-state index contributed by atoms with van der Waals surface area (Å²) >= 11 is 7.73. The van der Waals surface area contributed by atoms with Gasteiger partial charge < -0.3 is 4.74 Å². The normalized spacial score (nSPS) is 12.5. The van der Waals surface area contributed by atoms with E-state index in [1.54, 1.807) is 6.08 Å². The van der Waals surface area contributed by atoms with Crippen LogP contribution in [-0.4, -0.2) is 12.1 Å². The fourth-order valence-corrected chi connectivity index (χ4v) is 2.92. The van der Waals surface area contributed by atoms with Crippen molar-refractivity contribution in [1.29, 1.82) is 5.26 Å². The molecular weight excluding hydrogens is 282 g/mol. The Balaban J connectivity index is 2.20. The number of carbonyl (C=O) groups is 1. The highest BCUT2D eigenvalue weighted by molar-refractivity contribution is 7.20. The molecule has 19 heavy (non-hydrogen) atoms. The lowest BCUT2D eigenvalue weighted by Crippen LogP contribution is -2.10. The van der Waals surface area contributed by atoms with Crippen LogP contribution in [0.1, 0.15) is 11.8 Å². The standard InChI is InChI=1S/C14H10ClNO2S/c1-9(8-16)18-13(17)7-6-12-14(15)10-4-2-3-5-11(10)19-12/h2-7,9H,1H3/b7-6+/t9-/m1/s1. The highest BCUT2D eigenvalue weighted by Gasteiger charge is 2.08. The summed E-state index contributed by atoms with van der Waals surface area (Å²) in [6.45, 7) is 1.51. The first-order chi connectivity index (χ1) is 9.11. The molecule has 0 aliphatic carbocycles. The first kappa shape index (κ1) is 13.6. The number of benzene rings is 1. The third kappa shape index (κ3) is 3.14. The van der Waals surface area contributed by atoms with E-state index in [4.69, 9.17) is 21.6 Å². The van der Waals surface area contributed by atoms with Crippen molar-refractivity contribution in [2.45, 2.75) is 13.0 Å². The maximum absolute atomic E-state index is 11.4. The molecule has 96 valence electrons. The molecule has 5 heteroatoms. The fourth-order valence-electron chi connectivity index (χ4n) is 1.52. The zero-order valence-corrected chi connectivity index (χ0v) is 11.7. The van der Waals surface area contributed by atoms with E-state index in [1.165, 1.54) is 24.3 Å². The lowest BCUT2D eigenvalue weighted by molar-refractivity contribution is -0.139. The summed E-state index contributed by atoms with van der Waals surface area (Å²) in [5.74, 6) is -0.553. The largest absolute Gasteiger partial charge is 0.444 e. The van der Waals surface area contributed by atoms with Gasteiger partial charge in [-0.3, -0.25) is 0 Å². The number of carbonyl (C=O) groups excluding carboxylic acids is 1. The summed E-state index contributed by atoms with van der Waals surface area (Å²) < 4.78 is 5.87. The molecule has 1 heterocycles. The molecule has 0 N–H and O–H groups in total. The molecule has 0 aliphatic heterocycles. The molecule has 0 unspecified atom stereocenters. The van der Waals surface area contributed by atoms with Crippen LogP contribution in [0.15, 0.2) is 30.3 Å². The summed E-state index contributed by atoms with van der Waals surface area (Å²) in [5, 5.41) is 10.1. The van der Waals surface area contributed by atoms with Crippen LogP contribution in [0.3, 0.4) is 0 Å². The minimum absolute atomic E-state index is 0.553. The SMILES string of the molecule is C[C@H](C#N)OC(=O)/C=C/c1sc2ccccc2c1Cl. The van der Waals surface area contributed by atoms with Crippen molar-refractivity contribution in [2.75, 3.05) is 0 Å². The molecule has 3 nitrogen and oxygen atoms in total. The molecule has 2 rings (SSSR count). The molecule has 1 aromatic carbocycles. The Labute approximate surface area is 119 Å². The average Bonchev–Trinajstić information content (AvgIpc) is 2.73. The van der Waals surface area contributed by atoms with Gasteiger partial charge in [-0.2, -0.15) is 5.26 Å². The minimum Gasteiger partial charge on any atom is -0.444 e. The van der Waals surface area contributed by atoms with Gasteiger partial charge in [0.05, 0.1) is 5.02 Å². The van der Waals surface area contributed by atoms with Crippen molar-refractivity contribution < 1.29 is 9.53 Å². The number of hydrogen-bond acceptors (Lipinski definition) is 4. The van der Waals surface area contributed by atoms with Crippen LogP contribution in [0, 0.1) is 11.3 Å². The van der Waals surface area contributed by atoms with Crippen LogP contribution < -0.4 is 0 Å². The van der Waals surface area contributed by atoms with Gasteiger partial charge in [0.25, 0.3) is 0 Å². The average molecular weight is 292 g/mol. The van der Waals surface area contributed by atoms with Gasteiger partial charge in [0, 0.05) is 21.0 Å². The topological polar surface area (TPSA) is 50.1 Å². The Morgan fingerprint density at radius 2 is 2.26 bits per heavy atom. The molecule has 0 fully saturated rings. The second-order valence-corrected chi connectivity index (χ2v) is 5.28. The number of ether oxygens (including phenoxy) is 1. The Morgan fingerprint density at radius 1 is 1.53 bits per heavy atom. The molecule has 0 aliphatic rings. The maximum Gasteiger partial charge on any atom is 0.332 e. The Morgan fingerprint density at radius 3 is 2.95 bits per heavy atom. The number of rotatable bonds is 3. The van der Waals surface area contributed by atoms with Crippen LogP contribution in [0.25, 0.3) is 16.2 Å². The second kappa shape index (κ2) is 5.87. The number of halogens is 1. The van der Waals surface area contributed by atoms with Gasteiger partial charge in [0.1, 0.15) is 6.07 Å². The smallest absolute Gasteiger partial charge is 0.332 e. The van der Waals surface area contributed by atoms with E-state index in [0.717, 1.165) is 15.0 Å². The van der Waals surface area contributed by atoms with E-state index < -0.39 is 12.1 Å². The van der Waals surface area contributed by atoms with E-state index in [1.807, 2.05) is 30.3 Å². The third-order valence-corrected chi connectivity index (χ3v) is 4.06. The zero-order chi connectivity index (χ0) is 13.8. The second-order valence-electron chi connectivity index (χ2n) is 3.82. The Hall–Kier alpha value is -1.83. The van der Waals surface area contributed by atoms with E-state index in [0.29, 0.717) is 5.02 Å². The molecular formula is C14H10ClNO2S. The van der Waals surface area contributed by atoms with Gasteiger partial charge in [-0.15, -0.1) is 11.3 Å². The van der Waals surface area contributed by atoms with Crippen LogP contribution in [-0.2, 0) is 9.53 Å². The van der Waals surface area contributed by atoms with Gasteiger partial charge in [0.15, 0.2) is 6.10 Å². The Kier molecular flexibility index (Phi) is 4.20. The van der Waals surface area contributed by atoms with Crippen molar-refractivity contribution in [3.05, 3.63) is 40.2 Å². The number of thiophene rings is 1. The van der Waals surface area contributed by atoms with E-state index in [2.05, 4.69) is 0 Å². The van der Waals surface area contributed by atoms with Crippen molar-refractivity contribution in [1.82, 2.24) is 0 Å². The maximum atomic E-state index is 11.4. The third-order valence-electron chi connectivity index (χ3n) is 2.41. The summed E-state index contributed by atoms with van der Waals surface area (Å²) in [7, 11) is 0. The van der Waals surface area contributed by atoms with E-state index >= 15 is 0 Å². The number of fused-ring (bicyclic) bond motifs is 1. The van der Waals surface area contributed by atoms with Crippen molar-refractivity contribution >= 4 is 45.1 Å². The molecule has 0 bridgehead atoms. The van der Waals surface area contributed by atoms with Crippen LogP contribution in [0.2, 0.25) is 5.02 Å².